The smallest absolute Gasteiger partial charge is 0.220 e. The number of rotatable bonds is 1. The van der Waals surface area contributed by atoms with Crippen LogP contribution >= 0.6 is 11.6 Å². The molecule has 4 rings (SSSR count). The second-order valence-corrected chi connectivity index (χ2v) is 5.86. The lowest BCUT2D eigenvalue weighted by Crippen LogP contribution is -2.11. The number of aromatic nitrogens is 2. The molecule has 0 amide bonds. The normalized spacial score (nSPS) is 12.6. The summed E-state index contributed by atoms with van der Waals surface area (Å²) in [6.07, 6.45) is 1.78. The lowest BCUT2D eigenvalue weighted by molar-refractivity contribution is 0.889. The molecule has 1 aliphatic rings. The van der Waals surface area contributed by atoms with Gasteiger partial charge in [-0.15, -0.1) is 0 Å². The van der Waals surface area contributed by atoms with Gasteiger partial charge >= 0.3 is 0 Å². The highest BCUT2D eigenvalue weighted by molar-refractivity contribution is 6.30. The molecule has 0 saturated carbocycles. The van der Waals surface area contributed by atoms with Gasteiger partial charge in [-0.05, 0) is 36.1 Å². The van der Waals surface area contributed by atoms with Crippen LogP contribution in [0.15, 0.2) is 48.5 Å². The highest BCUT2D eigenvalue weighted by Crippen LogP contribution is 2.39. The number of hydrogen-bond donors (Lipinski definition) is 1. The second-order valence-electron chi connectivity index (χ2n) is 5.42. The van der Waals surface area contributed by atoms with Crippen molar-refractivity contribution >= 4 is 17.5 Å². The summed E-state index contributed by atoms with van der Waals surface area (Å²) in [5.41, 5.74) is 12.4. The Morgan fingerprint density at radius 2 is 1.77 bits per heavy atom. The average molecular weight is 308 g/mol. The maximum atomic E-state index is 6.13. The van der Waals surface area contributed by atoms with E-state index < -0.39 is 0 Å². The molecule has 2 aromatic carbocycles. The second kappa shape index (κ2) is 5.11. The summed E-state index contributed by atoms with van der Waals surface area (Å²) < 4.78 is 0. The standard InChI is InChI=1S/C18H14ClN3/c19-13-7-8-14-12(10-13)6-9-15-16(14)17(22-18(20)21-15)11-4-2-1-3-5-11/h1-5,7-8,10H,6,9H2,(H2,20,21,22). The van der Waals surface area contributed by atoms with Gasteiger partial charge in [0.2, 0.25) is 5.95 Å². The highest BCUT2D eigenvalue weighted by Gasteiger charge is 2.23. The van der Waals surface area contributed by atoms with Crippen LogP contribution in [0.25, 0.3) is 22.4 Å². The lowest BCUT2D eigenvalue weighted by atomic mass is 9.86. The van der Waals surface area contributed by atoms with Gasteiger partial charge in [0, 0.05) is 16.1 Å². The molecular formula is C18H14ClN3. The van der Waals surface area contributed by atoms with Gasteiger partial charge < -0.3 is 5.73 Å². The topological polar surface area (TPSA) is 51.8 Å². The molecule has 0 saturated heterocycles. The molecule has 1 aromatic heterocycles. The van der Waals surface area contributed by atoms with E-state index in [9.17, 15) is 0 Å². The quantitative estimate of drug-likeness (QED) is 0.735. The van der Waals surface area contributed by atoms with E-state index in [1.54, 1.807) is 0 Å². The number of aryl methyl sites for hydroxylation is 2. The van der Waals surface area contributed by atoms with Crippen molar-refractivity contribution in [1.29, 1.82) is 0 Å². The van der Waals surface area contributed by atoms with Crippen LogP contribution in [0.5, 0.6) is 0 Å². The van der Waals surface area contributed by atoms with Crippen molar-refractivity contribution in [2.24, 2.45) is 0 Å². The van der Waals surface area contributed by atoms with Crippen LogP contribution in [0, 0.1) is 0 Å². The maximum absolute atomic E-state index is 6.13. The predicted molar refractivity (Wildman–Crippen MR) is 89.7 cm³/mol. The van der Waals surface area contributed by atoms with E-state index in [1.807, 2.05) is 42.5 Å². The Kier molecular flexibility index (Phi) is 3.09. The lowest BCUT2D eigenvalue weighted by Gasteiger charge is -2.22. The first kappa shape index (κ1) is 13.3. The first-order valence-electron chi connectivity index (χ1n) is 7.23. The molecule has 0 spiro atoms. The largest absolute Gasteiger partial charge is 0.368 e. The molecule has 4 heteroatoms. The number of hydrogen-bond acceptors (Lipinski definition) is 3. The Balaban J connectivity index is 2.03. The Hall–Kier alpha value is -2.39. The van der Waals surface area contributed by atoms with Gasteiger partial charge in [0.1, 0.15) is 0 Å². The van der Waals surface area contributed by atoms with Crippen molar-refractivity contribution in [2.45, 2.75) is 12.8 Å². The number of benzene rings is 2. The van der Waals surface area contributed by atoms with Crippen LogP contribution in [0.3, 0.4) is 0 Å². The van der Waals surface area contributed by atoms with Gasteiger partial charge in [0.05, 0.1) is 11.4 Å². The van der Waals surface area contributed by atoms with Crippen molar-refractivity contribution in [3.05, 3.63) is 64.8 Å². The zero-order chi connectivity index (χ0) is 15.1. The van der Waals surface area contributed by atoms with E-state index in [0.29, 0.717) is 5.95 Å². The molecule has 0 atom stereocenters. The zero-order valence-corrected chi connectivity index (χ0v) is 12.6. The molecule has 0 fully saturated rings. The summed E-state index contributed by atoms with van der Waals surface area (Å²) >= 11 is 6.13. The van der Waals surface area contributed by atoms with Crippen molar-refractivity contribution < 1.29 is 0 Å². The van der Waals surface area contributed by atoms with E-state index in [2.05, 4.69) is 16.0 Å². The summed E-state index contributed by atoms with van der Waals surface area (Å²) in [4.78, 5) is 8.97. The van der Waals surface area contributed by atoms with Gasteiger partial charge in [0.25, 0.3) is 0 Å². The molecule has 0 bridgehead atoms. The number of halogens is 1. The van der Waals surface area contributed by atoms with Gasteiger partial charge in [0.15, 0.2) is 0 Å². The number of fused-ring (bicyclic) bond motifs is 3. The number of nitrogens with zero attached hydrogens (tertiary/aromatic N) is 2. The van der Waals surface area contributed by atoms with Gasteiger partial charge in [-0.1, -0.05) is 48.0 Å². The molecule has 3 nitrogen and oxygen atoms in total. The van der Waals surface area contributed by atoms with E-state index in [4.69, 9.17) is 17.3 Å². The molecule has 0 unspecified atom stereocenters. The molecule has 0 radical (unpaired) electrons. The fourth-order valence-electron chi connectivity index (χ4n) is 3.06. The first-order chi connectivity index (χ1) is 10.7. The minimum absolute atomic E-state index is 0.329. The van der Waals surface area contributed by atoms with Crippen molar-refractivity contribution in [2.75, 3.05) is 5.73 Å². The third kappa shape index (κ3) is 2.14. The van der Waals surface area contributed by atoms with Crippen LogP contribution in [0.2, 0.25) is 5.02 Å². The predicted octanol–water partition coefficient (Wildman–Crippen LogP) is 4.14. The molecule has 1 aliphatic carbocycles. The SMILES string of the molecule is Nc1nc2c(c(-c3ccccc3)n1)-c1ccc(Cl)cc1CC2. The molecule has 22 heavy (non-hydrogen) atoms. The minimum Gasteiger partial charge on any atom is -0.368 e. The van der Waals surface area contributed by atoms with Crippen molar-refractivity contribution in [1.82, 2.24) is 9.97 Å². The van der Waals surface area contributed by atoms with Gasteiger partial charge in [-0.2, -0.15) is 0 Å². The Morgan fingerprint density at radius 3 is 2.59 bits per heavy atom. The van der Waals surface area contributed by atoms with E-state index in [-0.39, 0.29) is 0 Å². The summed E-state index contributed by atoms with van der Waals surface area (Å²) in [6, 6.07) is 16.1. The zero-order valence-electron chi connectivity index (χ0n) is 11.9. The molecular weight excluding hydrogens is 294 g/mol. The van der Waals surface area contributed by atoms with Crippen molar-refractivity contribution in [3.63, 3.8) is 0 Å². The Morgan fingerprint density at radius 1 is 0.955 bits per heavy atom. The van der Waals surface area contributed by atoms with E-state index >= 15 is 0 Å². The molecule has 1 heterocycles. The first-order valence-corrected chi connectivity index (χ1v) is 7.61. The number of anilines is 1. The van der Waals surface area contributed by atoms with Crippen LogP contribution in [-0.2, 0) is 12.8 Å². The summed E-state index contributed by atoms with van der Waals surface area (Å²) in [5, 5.41) is 0.764. The summed E-state index contributed by atoms with van der Waals surface area (Å²) in [5.74, 6) is 0.329. The molecule has 108 valence electrons. The summed E-state index contributed by atoms with van der Waals surface area (Å²) in [7, 11) is 0. The highest BCUT2D eigenvalue weighted by atomic mass is 35.5. The third-order valence-electron chi connectivity index (χ3n) is 4.02. The van der Waals surface area contributed by atoms with E-state index in [1.165, 1.54) is 5.56 Å². The molecule has 3 aromatic rings. The minimum atomic E-state index is 0.329. The number of nitrogen functional groups attached to an aromatic ring is 1. The third-order valence-corrected chi connectivity index (χ3v) is 4.25. The van der Waals surface area contributed by atoms with Gasteiger partial charge in [-0.25, -0.2) is 9.97 Å². The Bertz CT molecular complexity index is 860. The maximum Gasteiger partial charge on any atom is 0.220 e. The fraction of sp³-hybridized carbons (Fsp3) is 0.111. The van der Waals surface area contributed by atoms with Crippen molar-refractivity contribution in [3.8, 4) is 22.4 Å². The fourth-order valence-corrected chi connectivity index (χ4v) is 3.26. The monoisotopic (exact) mass is 307 g/mol. The van der Waals surface area contributed by atoms with Crippen LogP contribution in [-0.4, -0.2) is 9.97 Å². The average Bonchev–Trinajstić information content (AvgIpc) is 2.54. The number of nitrogens with two attached hydrogens (primary N) is 1. The van der Waals surface area contributed by atoms with E-state index in [0.717, 1.165) is 45.9 Å². The van der Waals surface area contributed by atoms with Gasteiger partial charge in [-0.3, -0.25) is 0 Å². The van der Waals surface area contributed by atoms with Crippen LogP contribution < -0.4 is 5.73 Å². The summed E-state index contributed by atoms with van der Waals surface area (Å²) in [6.45, 7) is 0. The van der Waals surface area contributed by atoms with Crippen LogP contribution in [0.4, 0.5) is 5.95 Å². The molecule has 0 aliphatic heterocycles. The van der Waals surface area contributed by atoms with Crippen LogP contribution in [0.1, 0.15) is 11.3 Å². The molecule has 2 N–H and O–H groups in total. The Labute approximate surface area is 133 Å².